The Hall–Kier alpha value is -0.570. The smallest absolute Gasteiger partial charge is 0.0319 e. The van der Waals surface area contributed by atoms with Crippen LogP contribution in [0, 0.1) is 0 Å². The van der Waals surface area contributed by atoms with Crippen LogP contribution in [0.5, 0.6) is 0 Å². The summed E-state index contributed by atoms with van der Waals surface area (Å²) in [5, 5.41) is 0. The third-order valence-corrected chi connectivity index (χ3v) is 3.40. The first-order chi connectivity index (χ1) is 7.27. The molecule has 1 saturated heterocycles. The summed E-state index contributed by atoms with van der Waals surface area (Å²) in [6, 6.07) is 11.7. The maximum atomic E-state index is 5.91. The van der Waals surface area contributed by atoms with Crippen LogP contribution in [0.2, 0.25) is 0 Å². The second-order valence-corrected chi connectivity index (χ2v) is 4.46. The van der Waals surface area contributed by atoms with Crippen LogP contribution in [-0.4, -0.2) is 24.0 Å². The van der Waals surface area contributed by atoms with Gasteiger partial charge in [-0.2, -0.15) is 0 Å². The number of likely N-dealkylation sites (tertiary alicyclic amines) is 1. The van der Waals surface area contributed by atoms with Gasteiger partial charge >= 0.3 is 0 Å². The van der Waals surface area contributed by atoms with Crippen LogP contribution in [0.3, 0.4) is 0 Å². The lowest BCUT2D eigenvalue weighted by Gasteiger charge is -2.35. The van der Waals surface area contributed by atoms with Gasteiger partial charge in [-0.15, -0.1) is 12.4 Å². The molecule has 2 rings (SSSR count). The van der Waals surface area contributed by atoms with Crippen LogP contribution in [0.25, 0.3) is 0 Å². The van der Waals surface area contributed by atoms with Crippen molar-refractivity contribution in [2.45, 2.75) is 31.8 Å². The molecule has 2 N–H and O–H groups in total. The summed E-state index contributed by atoms with van der Waals surface area (Å²) < 4.78 is 0. The highest BCUT2D eigenvalue weighted by Crippen LogP contribution is 2.23. The maximum absolute atomic E-state index is 5.91. The van der Waals surface area contributed by atoms with Crippen LogP contribution in [0.1, 0.15) is 31.4 Å². The Bertz CT molecular complexity index is 294. The average Bonchev–Trinajstić information content (AvgIpc) is 2.30. The van der Waals surface area contributed by atoms with Crippen molar-refractivity contribution in [2.75, 3.05) is 13.1 Å². The van der Waals surface area contributed by atoms with E-state index in [-0.39, 0.29) is 12.4 Å². The Morgan fingerprint density at radius 3 is 2.31 bits per heavy atom. The van der Waals surface area contributed by atoms with Gasteiger partial charge in [-0.05, 0) is 25.3 Å². The monoisotopic (exact) mass is 240 g/mol. The molecule has 1 aromatic carbocycles. The van der Waals surface area contributed by atoms with Crippen molar-refractivity contribution in [1.29, 1.82) is 0 Å². The molecule has 1 aromatic rings. The van der Waals surface area contributed by atoms with E-state index in [0.717, 1.165) is 25.9 Å². The first kappa shape index (κ1) is 13.5. The van der Waals surface area contributed by atoms with Crippen molar-refractivity contribution in [3.05, 3.63) is 35.9 Å². The van der Waals surface area contributed by atoms with Crippen LogP contribution < -0.4 is 5.73 Å². The molecule has 16 heavy (non-hydrogen) atoms. The molecule has 1 aliphatic rings. The lowest BCUT2D eigenvalue weighted by atomic mass is 10.0. The van der Waals surface area contributed by atoms with E-state index in [9.17, 15) is 0 Å². The predicted molar refractivity (Wildman–Crippen MR) is 70.9 cm³/mol. The fraction of sp³-hybridized carbons (Fsp3) is 0.538. The third-order valence-electron chi connectivity index (χ3n) is 3.40. The number of nitrogens with two attached hydrogens (primary N) is 1. The normalized spacial score (nSPS) is 20.1. The third kappa shape index (κ3) is 3.21. The molecule has 0 aliphatic carbocycles. The van der Waals surface area contributed by atoms with E-state index in [1.54, 1.807) is 0 Å². The van der Waals surface area contributed by atoms with Gasteiger partial charge in [0.15, 0.2) is 0 Å². The van der Waals surface area contributed by atoms with E-state index in [0.29, 0.717) is 12.1 Å². The van der Waals surface area contributed by atoms with Gasteiger partial charge in [0, 0.05) is 25.2 Å². The molecule has 1 heterocycles. The summed E-state index contributed by atoms with van der Waals surface area (Å²) in [5.74, 6) is 0. The zero-order valence-corrected chi connectivity index (χ0v) is 10.6. The number of benzene rings is 1. The Labute approximate surface area is 104 Å². The molecule has 0 saturated carbocycles. The lowest BCUT2D eigenvalue weighted by molar-refractivity contribution is 0.163. The Balaban J connectivity index is 0.00000128. The molecule has 0 amide bonds. The van der Waals surface area contributed by atoms with Crippen molar-refractivity contribution >= 4 is 12.4 Å². The molecule has 1 aliphatic heterocycles. The Kier molecular flexibility index (Phi) is 5.26. The molecule has 90 valence electrons. The van der Waals surface area contributed by atoms with E-state index in [4.69, 9.17) is 5.73 Å². The van der Waals surface area contributed by atoms with Crippen LogP contribution >= 0.6 is 12.4 Å². The van der Waals surface area contributed by atoms with Crippen molar-refractivity contribution in [1.82, 2.24) is 4.90 Å². The van der Waals surface area contributed by atoms with Crippen LogP contribution in [0.15, 0.2) is 30.3 Å². The Morgan fingerprint density at radius 1 is 1.19 bits per heavy atom. The van der Waals surface area contributed by atoms with Crippen LogP contribution in [0.4, 0.5) is 0 Å². The molecule has 0 aromatic heterocycles. The van der Waals surface area contributed by atoms with Gasteiger partial charge in [-0.25, -0.2) is 0 Å². The zero-order valence-electron chi connectivity index (χ0n) is 9.80. The molecule has 0 radical (unpaired) electrons. The minimum Gasteiger partial charge on any atom is -0.328 e. The largest absolute Gasteiger partial charge is 0.328 e. The highest BCUT2D eigenvalue weighted by molar-refractivity contribution is 5.85. The lowest BCUT2D eigenvalue weighted by Crippen LogP contribution is -2.40. The summed E-state index contributed by atoms with van der Waals surface area (Å²) in [5.41, 5.74) is 7.32. The van der Waals surface area contributed by atoms with E-state index >= 15 is 0 Å². The van der Waals surface area contributed by atoms with Crippen molar-refractivity contribution in [2.24, 2.45) is 5.73 Å². The fourth-order valence-electron chi connectivity index (χ4n) is 2.25. The first-order valence-corrected chi connectivity index (χ1v) is 5.82. The zero-order chi connectivity index (χ0) is 10.7. The molecular formula is C13H21ClN2. The van der Waals surface area contributed by atoms with E-state index in [1.807, 2.05) is 0 Å². The van der Waals surface area contributed by atoms with E-state index < -0.39 is 0 Å². The molecule has 3 heteroatoms. The molecule has 0 spiro atoms. The summed E-state index contributed by atoms with van der Waals surface area (Å²) >= 11 is 0. The van der Waals surface area contributed by atoms with Crippen molar-refractivity contribution < 1.29 is 0 Å². The Morgan fingerprint density at radius 2 is 1.75 bits per heavy atom. The van der Waals surface area contributed by atoms with Gasteiger partial charge in [0.1, 0.15) is 0 Å². The van der Waals surface area contributed by atoms with E-state index in [1.165, 1.54) is 5.56 Å². The number of hydrogen-bond acceptors (Lipinski definition) is 2. The SMILES string of the molecule is CC(c1ccccc1)N1CCC(N)CC1.Cl. The highest BCUT2D eigenvalue weighted by Gasteiger charge is 2.20. The quantitative estimate of drug-likeness (QED) is 0.861. The van der Waals surface area contributed by atoms with Gasteiger partial charge < -0.3 is 5.73 Å². The molecule has 1 atom stereocenters. The number of piperidine rings is 1. The van der Waals surface area contributed by atoms with Gasteiger partial charge in [0.25, 0.3) is 0 Å². The summed E-state index contributed by atoms with van der Waals surface area (Å²) in [6.45, 7) is 4.56. The predicted octanol–water partition coefficient (Wildman–Crippen LogP) is 2.59. The molecule has 2 nitrogen and oxygen atoms in total. The molecule has 0 bridgehead atoms. The molecular weight excluding hydrogens is 220 g/mol. The van der Waals surface area contributed by atoms with Gasteiger partial charge in [0.2, 0.25) is 0 Å². The number of nitrogens with zero attached hydrogens (tertiary/aromatic N) is 1. The summed E-state index contributed by atoms with van der Waals surface area (Å²) in [7, 11) is 0. The minimum atomic E-state index is 0. The van der Waals surface area contributed by atoms with Gasteiger partial charge in [-0.1, -0.05) is 30.3 Å². The average molecular weight is 241 g/mol. The second kappa shape index (κ2) is 6.24. The maximum Gasteiger partial charge on any atom is 0.0319 e. The molecule has 1 unspecified atom stereocenters. The topological polar surface area (TPSA) is 29.3 Å². The van der Waals surface area contributed by atoms with E-state index in [2.05, 4.69) is 42.2 Å². The highest BCUT2D eigenvalue weighted by atomic mass is 35.5. The minimum absolute atomic E-state index is 0. The standard InChI is InChI=1S/C13H20N2.ClH/c1-11(12-5-3-2-4-6-12)15-9-7-13(14)8-10-15;/h2-6,11,13H,7-10,14H2,1H3;1H. The van der Waals surface area contributed by atoms with Gasteiger partial charge in [0.05, 0.1) is 0 Å². The summed E-state index contributed by atoms with van der Waals surface area (Å²) in [6.07, 6.45) is 2.27. The first-order valence-electron chi connectivity index (χ1n) is 5.82. The number of hydrogen-bond donors (Lipinski definition) is 1. The van der Waals surface area contributed by atoms with Crippen LogP contribution in [-0.2, 0) is 0 Å². The van der Waals surface area contributed by atoms with Gasteiger partial charge in [-0.3, -0.25) is 4.90 Å². The summed E-state index contributed by atoms with van der Waals surface area (Å²) in [4.78, 5) is 2.53. The van der Waals surface area contributed by atoms with Crippen molar-refractivity contribution in [3.8, 4) is 0 Å². The fourth-order valence-corrected chi connectivity index (χ4v) is 2.25. The number of halogens is 1. The number of rotatable bonds is 2. The molecule has 1 fully saturated rings. The van der Waals surface area contributed by atoms with Crippen molar-refractivity contribution in [3.63, 3.8) is 0 Å². The second-order valence-electron chi connectivity index (χ2n) is 4.46.